The van der Waals surface area contributed by atoms with Crippen molar-refractivity contribution in [2.45, 2.75) is 19.5 Å². The highest BCUT2D eigenvalue weighted by Crippen LogP contribution is 2.25. The van der Waals surface area contributed by atoms with Crippen LogP contribution in [0.25, 0.3) is 5.69 Å². The first-order valence-corrected chi connectivity index (χ1v) is 11.3. The number of carbonyl (C=O) groups excluding carboxylic acids is 1. The zero-order valence-electron chi connectivity index (χ0n) is 19.1. The smallest absolute Gasteiger partial charge is 0.274 e. The lowest BCUT2D eigenvalue weighted by molar-refractivity contribution is 0.101. The number of nitrogens with zero attached hydrogens (tertiary/aromatic N) is 2. The van der Waals surface area contributed by atoms with Gasteiger partial charge in [-0.1, -0.05) is 54.6 Å². The van der Waals surface area contributed by atoms with E-state index in [1.54, 1.807) is 10.7 Å². The lowest BCUT2D eigenvalue weighted by Crippen LogP contribution is -2.25. The number of nitrogens with two attached hydrogens (primary N) is 1. The Kier molecular flexibility index (Phi) is 7.49. The van der Waals surface area contributed by atoms with Crippen molar-refractivity contribution in [3.8, 4) is 5.69 Å². The van der Waals surface area contributed by atoms with Crippen molar-refractivity contribution in [3.63, 3.8) is 0 Å². The first kappa shape index (κ1) is 23.4. The SMILES string of the molecule is Cc1cc(C(=O)Nc2cccc(C(NCCO)c3ccccc3)c2)n(-c2cccc(CN)c2)n1. The highest BCUT2D eigenvalue weighted by atomic mass is 16.3. The molecular formula is C27H29N5O2. The molecule has 0 radical (unpaired) electrons. The van der Waals surface area contributed by atoms with E-state index in [2.05, 4.69) is 15.7 Å². The molecule has 0 aliphatic rings. The second kappa shape index (κ2) is 10.9. The van der Waals surface area contributed by atoms with Crippen molar-refractivity contribution in [3.05, 3.63) is 113 Å². The van der Waals surface area contributed by atoms with Crippen LogP contribution in [0.15, 0.2) is 84.9 Å². The quantitative estimate of drug-likeness (QED) is 0.309. The van der Waals surface area contributed by atoms with Gasteiger partial charge in [0, 0.05) is 18.8 Å². The summed E-state index contributed by atoms with van der Waals surface area (Å²) in [6, 6.07) is 27.1. The van der Waals surface area contributed by atoms with Crippen LogP contribution in [0.3, 0.4) is 0 Å². The number of benzene rings is 3. The number of aliphatic hydroxyl groups is 1. The predicted octanol–water partition coefficient (Wildman–Crippen LogP) is 3.56. The van der Waals surface area contributed by atoms with Gasteiger partial charge in [0.15, 0.2) is 0 Å². The molecule has 0 bridgehead atoms. The number of hydrogen-bond acceptors (Lipinski definition) is 5. The largest absolute Gasteiger partial charge is 0.395 e. The average molecular weight is 456 g/mol. The molecule has 7 heteroatoms. The molecule has 5 N–H and O–H groups in total. The molecular weight excluding hydrogens is 426 g/mol. The first-order valence-electron chi connectivity index (χ1n) is 11.3. The Bertz CT molecular complexity index is 1250. The van der Waals surface area contributed by atoms with Gasteiger partial charge in [-0.05, 0) is 53.9 Å². The van der Waals surface area contributed by atoms with Crippen LogP contribution in [0.5, 0.6) is 0 Å². The summed E-state index contributed by atoms with van der Waals surface area (Å²) >= 11 is 0. The number of amides is 1. The number of nitrogens with one attached hydrogen (secondary N) is 2. The highest BCUT2D eigenvalue weighted by Gasteiger charge is 2.18. The fourth-order valence-corrected chi connectivity index (χ4v) is 3.95. The lowest BCUT2D eigenvalue weighted by Gasteiger charge is -2.20. The number of aromatic nitrogens is 2. The number of carbonyl (C=O) groups is 1. The van der Waals surface area contributed by atoms with E-state index >= 15 is 0 Å². The second-order valence-corrected chi connectivity index (χ2v) is 8.06. The number of hydrogen-bond donors (Lipinski definition) is 4. The van der Waals surface area contributed by atoms with Gasteiger partial charge in [0.05, 0.1) is 24.0 Å². The van der Waals surface area contributed by atoms with Crippen LogP contribution < -0.4 is 16.4 Å². The molecule has 174 valence electrons. The summed E-state index contributed by atoms with van der Waals surface area (Å²) in [5, 5.41) is 20.2. The molecule has 1 amide bonds. The zero-order valence-corrected chi connectivity index (χ0v) is 19.1. The number of aliphatic hydroxyl groups excluding tert-OH is 1. The van der Waals surface area contributed by atoms with Gasteiger partial charge in [-0.25, -0.2) is 4.68 Å². The molecule has 1 unspecified atom stereocenters. The molecule has 4 rings (SSSR count). The van der Waals surface area contributed by atoms with Crippen molar-refractivity contribution in [1.29, 1.82) is 0 Å². The minimum Gasteiger partial charge on any atom is -0.395 e. The van der Waals surface area contributed by atoms with E-state index in [9.17, 15) is 9.90 Å². The molecule has 0 fully saturated rings. The van der Waals surface area contributed by atoms with Crippen LogP contribution in [0.2, 0.25) is 0 Å². The van der Waals surface area contributed by atoms with Gasteiger partial charge in [0.25, 0.3) is 5.91 Å². The second-order valence-electron chi connectivity index (χ2n) is 8.06. The Morgan fingerprint density at radius 2 is 1.76 bits per heavy atom. The van der Waals surface area contributed by atoms with Gasteiger partial charge in [-0.3, -0.25) is 4.79 Å². The first-order chi connectivity index (χ1) is 16.6. The van der Waals surface area contributed by atoms with E-state index in [1.807, 2.05) is 85.8 Å². The highest BCUT2D eigenvalue weighted by molar-refractivity contribution is 6.03. The maximum Gasteiger partial charge on any atom is 0.274 e. The van der Waals surface area contributed by atoms with Crippen LogP contribution in [-0.2, 0) is 6.54 Å². The lowest BCUT2D eigenvalue weighted by atomic mass is 9.98. The summed E-state index contributed by atoms with van der Waals surface area (Å²) in [7, 11) is 0. The normalized spacial score (nSPS) is 11.9. The van der Waals surface area contributed by atoms with Crippen LogP contribution in [-0.4, -0.2) is 33.9 Å². The summed E-state index contributed by atoms with van der Waals surface area (Å²) in [5.41, 5.74) is 11.5. The number of aryl methyl sites for hydroxylation is 1. The molecule has 7 nitrogen and oxygen atoms in total. The molecule has 0 aliphatic heterocycles. The van der Waals surface area contributed by atoms with E-state index in [4.69, 9.17) is 5.73 Å². The number of rotatable bonds is 9. The van der Waals surface area contributed by atoms with Gasteiger partial charge in [0.2, 0.25) is 0 Å². The Labute approximate surface area is 199 Å². The van der Waals surface area contributed by atoms with Crippen molar-refractivity contribution in [2.75, 3.05) is 18.5 Å². The topological polar surface area (TPSA) is 105 Å². The summed E-state index contributed by atoms with van der Waals surface area (Å²) < 4.78 is 1.64. The van der Waals surface area contributed by atoms with Crippen LogP contribution in [0.1, 0.15) is 38.9 Å². The average Bonchev–Trinajstić information content (AvgIpc) is 3.27. The third kappa shape index (κ3) is 5.40. The van der Waals surface area contributed by atoms with E-state index < -0.39 is 0 Å². The summed E-state index contributed by atoms with van der Waals surface area (Å²) in [6.45, 7) is 2.76. The summed E-state index contributed by atoms with van der Waals surface area (Å²) in [6.07, 6.45) is 0. The minimum absolute atomic E-state index is 0.0362. The minimum atomic E-state index is -0.254. The maximum atomic E-state index is 13.3. The molecule has 0 aliphatic carbocycles. The van der Waals surface area contributed by atoms with Gasteiger partial charge < -0.3 is 21.5 Å². The van der Waals surface area contributed by atoms with Crippen LogP contribution >= 0.6 is 0 Å². The van der Waals surface area contributed by atoms with Gasteiger partial charge >= 0.3 is 0 Å². The molecule has 1 aromatic heterocycles. The van der Waals surface area contributed by atoms with Crippen LogP contribution in [0, 0.1) is 6.92 Å². The standard InChI is InChI=1S/C27H29N5O2/c1-19-15-25(32(31-19)24-12-5-7-20(16-24)18-28)27(34)30-23-11-6-10-22(17-23)26(29-13-14-33)21-8-3-2-4-9-21/h2-12,15-17,26,29,33H,13-14,18,28H2,1H3,(H,30,34). The van der Waals surface area contributed by atoms with E-state index in [0.29, 0.717) is 24.5 Å². The van der Waals surface area contributed by atoms with Crippen molar-refractivity contribution in [1.82, 2.24) is 15.1 Å². The summed E-state index contributed by atoms with van der Waals surface area (Å²) in [4.78, 5) is 13.3. The van der Waals surface area contributed by atoms with Crippen molar-refractivity contribution >= 4 is 11.6 Å². The van der Waals surface area contributed by atoms with Gasteiger partial charge in [-0.15, -0.1) is 0 Å². The molecule has 34 heavy (non-hydrogen) atoms. The third-order valence-corrected chi connectivity index (χ3v) is 5.53. The Hall–Kier alpha value is -3.78. The summed E-state index contributed by atoms with van der Waals surface area (Å²) in [5.74, 6) is -0.254. The molecule has 0 spiro atoms. The Morgan fingerprint density at radius 3 is 2.53 bits per heavy atom. The fourth-order valence-electron chi connectivity index (χ4n) is 3.95. The maximum absolute atomic E-state index is 13.3. The molecule has 4 aromatic rings. The van der Waals surface area contributed by atoms with E-state index in [0.717, 1.165) is 28.1 Å². The molecule has 1 atom stereocenters. The molecule has 1 heterocycles. The van der Waals surface area contributed by atoms with Crippen molar-refractivity contribution in [2.24, 2.45) is 5.73 Å². The van der Waals surface area contributed by atoms with Crippen LogP contribution in [0.4, 0.5) is 5.69 Å². The monoisotopic (exact) mass is 455 g/mol. The Balaban J connectivity index is 1.61. The van der Waals surface area contributed by atoms with E-state index in [1.165, 1.54) is 0 Å². The molecule has 0 saturated heterocycles. The fraction of sp³-hybridized carbons (Fsp3) is 0.185. The Morgan fingerprint density at radius 1 is 1.00 bits per heavy atom. The van der Waals surface area contributed by atoms with Gasteiger partial charge in [-0.2, -0.15) is 5.10 Å². The van der Waals surface area contributed by atoms with Gasteiger partial charge in [0.1, 0.15) is 5.69 Å². The predicted molar refractivity (Wildman–Crippen MR) is 134 cm³/mol. The molecule has 3 aromatic carbocycles. The molecule has 0 saturated carbocycles. The third-order valence-electron chi connectivity index (χ3n) is 5.53. The zero-order chi connectivity index (χ0) is 23.9. The number of anilines is 1. The van der Waals surface area contributed by atoms with E-state index in [-0.39, 0.29) is 18.6 Å². The van der Waals surface area contributed by atoms with Crippen molar-refractivity contribution < 1.29 is 9.90 Å².